The van der Waals surface area contributed by atoms with Crippen molar-refractivity contribution in [2.75, 3.05) is 0 Å². The molecule has 0 aliphatic heterocycles. The zero-order chi connectivity index (χ0) is 13.1. The van der Waals surface area contributed by atoms with Gasteiger partial charge in [0.05, 0.1) is 11.6 Å². The second-order valence-corrected chi connectivity index (χ2v) is 4.66. The molecule has 1 unspecified atom stereocenters. The van der Waals surface area contributed by atoms with Crippen LogP contribution in [0.3, 0.4) is 0 Å². The van der Waals surface area contributed by atoms with Gasteiger partial charge in [-0.15, -0.1) is 0 Å². The van der Waals surface area contributed by atoms with Crippen molar-refractivity contribution >= 4 is 0 Å². The Hall–Kier alpha value is -2.05. The summed E-state index contributed by atoms with van der Waals surface area (Å²) in [4.78, 5) is 0. The fourth-order valence-electron chi connectivity index (χ4n) is 1.97. The Kier molecular flexibility index (Phi) is 3.50. The lowest BCUT2D eigenvalue weighted by molar-refractivity contribution is 0.774. The maximum absolute atomic E-state index is 8.84. The molecule has 1 atom stereocenters. The molecule has 1 aromatic heterocycles. The second-order valence-electron chi connectivity index (χ2n) is 4.66. The van der Waals surface area contributed by atoms with Crippen molar-refractivity contribution < 1.29 is 0 Å². The van der Waals surface area contributed by atoms with Crippen LogP contribution in [0, 0.1) is 18.3 Å². The summed E-state index contributed by atoms with van der Waals surface area (Å²) < 4.78 is 2.12. The molecule has 0 bridgehead atoms. The van der Waals surface area contributed by atoms with Gasteiger partial charge in [0.2, 0.25) is 0 Å². The number of nitrogens with zero attached hydrogens (tertiary/aromatic N) is 2. The van der Waals surface area contributed by atoms with E-state index in [9.17, 15) is 0 Å². The number of hydrogen-bond donors (Lipinski definition) is 1. The van der Waals surface area contributed by atoms with E-state index >= 15 is 0 Å². The summed E-state index contributed by atoms with van der Waals surface area (Å²) >= 11 is 0. The van der Waals surface area contributed by atoms with Gasteiger partial charge in [-0.1, -0.05) is 6.07 Å². The van der Waals surface area contributed by atoms with Gasteiger partial charge in [-0.05, 0) is 48.7 Å². The number of hydrogen-bond acceptors (Lipinski definition) is 2. The molecule has 0 radical (unpaired) electrons. The summed E-state index contributed by atoms with van der Waals surface area (Å²) in [6.45, 7) is 4.82. The van der Waals surface area contributed by atoms with Crippen LogP contribution in [0.2, 0.25) is 0 Å². The fourth-order valence-corrected chi connectivity index (χ4v) is 1.97. The number of benzene rings is 1. The maximum atomic E-state index is 8.84. The van der Waals surface area contributed by atoms with Crippen LogP contribution in [0.1, 0.15) is 35.2 Å². The summed E-state index contributed by atoms with van der Waals surface area (Å²) in [5.41, 5.74) is 10.1. The topological polar surface area (TPSA) is 54.7 Å². The number of aryl methyl sites for hydroxylation is 1. The molecule has 0 fully saturated rings. The first-order chi connectivity index (χ1) is 8.60. The van der Waals surface area contributed by atoms with Gasteiger partial charge in [0.1, 0.15) is 0 Å². The Labute approximate surface area is 107 Å². The van der Waals surface area contributed by atoms with E-state index in [1.165, 1.54) is 5.56 Å². The first-order valence-electron chi connectivity index (χ1n) is 6.01. The van der Waals surface area contributed by atoms with Crippen LogP contribution in [0.4, 0.5) is 0 Å². The molecule has 92 valence electrons. The van der Waals surface area contributed by atoms with Crippen molar-refractivity contribution in [1.29, 1.82) is 5.26 Å². The molecule has 0 aliphatic carbocycles. The minimum absolute atomic E-state index is 0.0633. The molecule has 0 saturated heterocycles. The lowest BCUT2D eigenvalue weighted by atomic mass is 10.1. The lowest BCUT2D eigenvalue weighted by Gasteiger charge is -2.07. The Balaban J connectivity index is 2.21. The van der Waals surface area contributed by atoms with E-state index in [0.29, 0.717) is 5.56 Å². The van der Waals surface area contributed by atoms with Crippen molar-refractivity contribution in [3.05, 3.63) is 58.9 Å². The Morgan fingerprint density at radius 2 is 2.17 bits per heavy atom. The van der Waals surface area contributed by atoms with Gasteiger partial charge in [0, 0.05) is 25.0 Å². The first kappa shape index (κ1) is 12.4. The summed E-state index contributed by atoms with van der Waals surface area (Å²) in [5, 5.41) is 8.84. The largest absolute Gasteiger partial charge is 0.350 e. The predicted molar refractivity (Wildman–Crippen MR) is 72.0 cm³/mol. The number of aromatic nitrogens is 1. The molecular weight excluding hydrogens is 222 g/mol. The SMILES string of the molecule is Cc1cc(C#N)ccc1Cn1ccc(C(C)N)c1. The number of nitriles is 1. The normalized spacial score (nSPS) is 12.1. The highest BCUT2D eigenvalue weighted by atomic mass is 14.9. The van der Waals surface area contributed by atoms with E-state index in [1.807, 2.05) is 44.3 Å². The van der Waals surface area contributed by atoms with Gasteiger partial charge in [0.25, 0.3) is 0 Å². The quantitative estimate of drug-likeness (QED) is 0.895. The molecule has 3 heteroatoms. The molecule has 0 aliphatic rings. The van der Waals surface area contributed by atoms with Gasteiger partial charge >= 0.3 is 0 Å². The molecular formula is C15H17N3. The molecule has 1 aromatic carbocycles. The average Bonchev–Trinajstić information content (AvgIpc) is 2.80. The van der Waals surface area contributed by atoms with Crippen LogP contribution < -0.4 is 5.73 Å². The van der Waals surface area contributed by atoms with Crippen LogP contribution in [0.25, 0.3) is 0 Å². The number of nitrogens with two attached hydrogens (primary N) is 1. The van der Waals surface area contributed by atoms with E-state index in [1.54, 1.807) is 0 Å². The Bertz CT molecular complexity index is 588. The van der Waals surface area contributed by atoms with Crippen molar-refractivity contribution in [2.24, 2.45) is 5.73 Å². The van der Waals surface area contributed by atoms with Gasteiger partial charge in [-0.3, -0.25) is 0 Å². The van der Waals surface area contributed by atoms with E-state index in [4.69, 9.17) is 11.0 Å². The van der Waals surface area contributed by atoms with E-state index in [0.717, 1.165) is 17.7 Å². The second kappa shape index (κ2) is 5.07. The highest BCUT2D eigenvalue weighted by Gasteiger charge is 2.04. The van der Waals surface area contributed by atoms with E-state index in [2.05, 4.69) is 16.8 Å². The zero-order valence-corrected chi connectivity index (χ0v) is 10.7. The molecule has 2 N–H and O–H groups in total. The Morgan fingerprint density at radius 1 is 1.39 bits per heavy atom. The standard InChI is InChI=1S/C15H17N3/c1-11-7-13(8-16)3-4-14(11)9-18-6-5-15(10-18)12(2)17/h3-7,10,12H,9,17H2,1-2H3. The summed E-state index contributed by atoms with van der Waals surface area (Å²) in [7, 11) is 0. The van der Waals surface area contributed by atoms with Crippen LogP contribution >= 0.6 is 0 Å². The van der Waals surface area contributed by atoms with Crippen LogP contribution in [0.15, 0.2) is 36.7 Å². The molecule has 0 spiro atoms. The van der Waals surface area contributed by atoms with Gasteiger partial charge in [0.15, 0.2) is 0 Å². The molecule has 2 aromatic rings. The molecule has 1 heterocycles. The van der Waals surface area contributed by atoms with Crippen LogP contribution in [-0.2, 0) is 6.54 Å². The van der Waals surface area contributed by atoms with Crippen molar-refractivity contribution in [3.8, 4) is 6.07 Å². The lowest BCUT2D eigenvalue weighted by Crippen LogP contribution is -2.04. The van der Waals surface area contributed by atoms with E-state index < -0.39 is 0 Å². The smallest absolute Gasteiger partial charge is 0.0991 e. The van der Waals surface area contributed by atoms with Crippen LogP contribution in [0.5, 0.6) is 0 Å². The van der Waals surface area contributed by atoms with Crippen LogP contribution in [-0.4, -0.2) is 4.57 Å². The minimum atomic E-state index is 0.0633. The van der Waals surface area contributed by atoms with Crippen molar-refractivity contribution in [2.45, 2.75) is 26.4 Å². The fraction of sp³-hybridized carbons (Fsp3) is 0.267. The van der Waals surface area contributed by atoms with Gasteiger partial charge in [-0.2, -0.15) is 5.26 Å². The minimum Gasteiger partial charge on any atom is -0.350 e. The third kappa shape index (κ3) is 2.61. The summed E-state index contributed by atoms with van der Waals surface area (Å²) in [5.74, 6) is 0. The van der Waals surface area contributed by atoms with Crippen molar-refractivity contribution in [3.63, 3.8) is 0 Å². The third-order valence-corrected chi connectivity index (χ3v) is 3.12. The predicted octanol–water partition coefficient (Wildman–Crippen LogP) is 2.74. The monoisotopic (exact) mass is 239 g/mol. The molecule has 0 amide bonds. The Morgan fingerprint density at radius 3 is 2.72 bits per heavy atom. The first-order valence-corrected chi connectivity index (χ1v) is 6.01. The highest BCUT2D eigenvalue weighted by Crippen LogP contribution is 2.15. The average molecular weight is 239 g/mol. The molecule has 18 heavy (non-hydrogen) atoms. The molecule has 3 nitrogen and oxygen atoms in total. The van der Waals surface area contributed by atoms with Gasteiger partial charge < -0.3 is 10.3 Å². The summed E-state index contributed by atoms with van der Waals surface area (Å²) in [6.07, 6.45) is 4.11. The zero-order valence-electron chi connectivity index (χ0n) is 10.7. The van der Waals surface area contributed by atoms with Crippen molar-refractivity contribution in [1.82, 2.24) is 4.57 Å². The molecule has 2 rings (SSSR count). The molecule has 0 saturated carbocycles. The summed E-state index contributed by atoms with van der Waals surface area (Å²) in [6, 6.07) is 10.1. The van der Waals surface area contributed by atoms with E-state index in [-0.39, 0.29) is 6.04 Å². The number of rotatable bonds is 3. The van der Waals surface area contributed by atoms with Gasteiger partial charge in [-0.25, -0.2) is 0 Å². The maximum Gasteiger partial charge on any atom is 0.0991 e. The third-order valence-electron chi connectivity index (χ3n) is 3.12. The highest BCUT2D eigenvalue weighted by molar-refractivity contribution is 5.37.